The van der Waals surface area contributed by atoms with Gasteiger partial charge in [0.15, 0.2) is 0 Å². The van der Waals surface area contributed by atoms with Crippen LogP contribution in [0.5, 0.6) is 0 Å². The van der Waals surface area contributed by atoms with Gasteiger partial charge in [-0.3, -0.25) is 5.10 Å². The number of H-pyrrole nitrogens is 2. The third-order valence-electron chi connectivity index (χ3n) is 5.35. The minimum atomic E-state index is -4.55. The molecule has 0 bridgehead atoms. The molecule has 0 aliphatic rings. The first-order valence-corrected chi connectivity index (χ1v) is 12.3. The number of nitrogens with zero attached hydrogens (tertiary/aromatic N) is 3. The number of thiazole rings is 1. The molecular formula is C23H16AsF3N6OS. The first-order chi connectivity index (χ1) is 16.7. The Labute approximate surface area is 209 Å². The molecule has 0 fully saturated rings. The molecule has 7 nitrogen and oxygen atoms in total. The number of aromatic nitrogens is 5. The second-order valence-electron chi connectivity index (χ2n) is 7.81. The van der Waals surface area contributed by atoms with Crippen molar-refractivity contribution in [2.24, 2.45) is 0 Å². The molecule has 5 rings (SSSR count). The van der Waals surface area contributed by atoms with Gasteiger partial charge in [-0.15, -0.1) is 0 Å². The summed E-state index contributed by atoms with van der Waals surface area (Å²) in [7, 11) is 0. The van der Waals surface area contributed by atoms with Gasteiger partial charge in [0.05, 0.1) is 0 Å². The van der Waals surface area contributed by atoms with Gasteiger partial charge in [0.25, 0.3) is 0 Å². The van der Waals surface area contributed by atoms with Crippen LogP contribution in [0.3, 0.4) is 0 Å². The third-order valence-corrected chi connectivity index (χ3v) is 6.84. The molecule has 2 radical (unpaired) electrons. The van der Waals surface area contributed by atoms with Crippen LogP contribution < -0.4 is 5.32 Å². The van der Waals surface area contributed by atoms with Crippen LogP contribution in [-0.2, 0) is 6.18 Å². The van der Waals surface area contributed by atoms with Crippen molar-refractivity contribution < 1.29 is 18.0 Å². The van der Waals surface area contributed by atoms with Crippen molar-refractivity contribution in [2.75, 3.05) is 5.32 Å². The van der Waals surface area contributed by atoms with Crippen LogP contribution in [0.15, 0.2) is 54.0 Å². The van der Waals surface area contributed by atoms with Crippen LogP contribution in [0.2, 0.25) is 0 Å². The van der Waals surface area contributed by atoms with E-state index in [0.717, 1.165) is 45.0 Å². The van der Waals surface area contributed by atoms with Crippen molar-refractivity contribution in [2.45, 2.75) is 17.8 Å². The van der Waals surface area contributed by atoms with Gasteiger partial charge in [0.2, 0.25) is 0 Å². The van der Waals surface area contributed by atoms with Gasteiger partial charge in [0.1, 0.15) is 5.69 Å². The maximum atomic E-state index is 13.1. The van der Waals surface area contributed by atoms with Gasteiger partial charge in [-0.25, -0.2) is 0 Å². The standard InChI is InChI=1S/C23H16AsF3N6OS/c1-11(24)12-3-2-4-13(5-12)15-6-14-9-28-31-16(14)7-17(15)29-21(34)19-10-35-22(30-19)18-8-20(33-32-18)23(25,26)27/h2-11H,1H3,(H,28,31)(H,29,34)(H,32,33)/t11-/m0/s1. The molecule has 2 aromatic carbocycles. The number of rotatable bonds is 5. The first kappa shape index (κ1) is 23.3. The number of hydrogen-bond donors (Lipinski definition) is 3. The van der Waals surface area contributed by atoms with Gasteiger partial charge in [-0.2, -0.15) is 18.3 Å². The molecule has 0 saturated heterocycles. The van der Waals surface area contributed by atoms with Crippen LogP contribution >= 0.6 is 11.3 Å². The van der Waals surface area contributed by atoms with E-state index in [1.165, 1.54) is 5.38 Å². The normalized spacial score (nSPS) is 12.7. The van der Waals surface area contributed by atoms with Gasteiger partial charge in [-0.05, 0) is 6.07 Å². The Morgan fingerprint density at radius 1 is 1.17 bits per heavy atom. The summed E-state index contributed by atoms with van der Waals surface area (Å²) in [5.74, 6) is -0.490. The number of anilines is 1. The van der Waals surface area contributed by atoms with E-state index in [2.05, 4.69) is 55.4 Å². The Hall–Kier alpha value is -3.43. The number of benzene rings is 2. The Morgan fingerprint density at radius 2 is 2.00 bits per heavy atom. The molecule has 1 atom stereocenters. The molecule has 0 spiro atoms. The minimum absolute atomic E-state index is 0.0184. The van der Waals surface area contributed by atoms with Crippen molar-refractivity contribution in [3.8, 4) is 21.8 Å². The number of fused-ring (bicyclic) bond motifs is 1. The van der Waals surface area contributed by atoms with E-state index in [-0.39, 0.29) is 21.1 Å². The van der Waals surface area contributed by atoms with E-state index in [4.69, 9.17) is 0 Å². The van der Waals surface area contributed by atoms with Crippen LogP contribution in [-0.4, -0.2) is 48.1 Å². The fourth-order valence-corrected chi connectivity index (χ4v) is 4.65. The number of nitrogens with one attached hydrogen (secondary N) is 3. The summed E-state index contributed by atoms with van der Waals surface area (Å²) in [6.07, 6.45) is -2.84. The summed E-state index contributed by atoms with van der Waals surface area (Å²) in [5, 5.41) is 18.1. The maximum absolute atomic E-state index is 13.1. The summed E-state index contributed by atoms with van der Waals surface area (Å²) in [6, 6.07) is 12.6. The fraction of sp³-hybridized carbons (Fsp3) is 0.130. The third kappa shape index (κ3) is 4.74. The average molecular weight is 556 g/mol. The Kier molecular flexibility index (Phi) is 5.98. The molecule has 5 aromatic rings. The van der Waals surface area contributed by atoms with Crippen LogP contribution in [0.4, 0.5) is 18.9 Å². The van der Waals surface area contributed by atoms with Crippen molar-refractivity contribution >= 4 is 50.7 Å². The predicted octanol–water partition coefficient (Wildman–Crippen LogP) is 5.58. The van der Waals surface area contributed by atoms with Gasteiger partial charge >= 0.3 is 175 Å². The summed E-state index contributed by atoms with van der Waals surface area (Å²) < 4.78 is 38.9. The van der Waals surface area contributed by atoms with Crippen molar-refractivity contribution in [3.63, 3.8) is 0 Å². The predicted molar refractivity (Wildman–Crippen MR) is 128 cm³/mol. The van der Waals surface area contributed by atoms with Crippen molar-refractivity contribution in [3.05, 3.63) is 71.0 Å². The number of halogens is 3. The number of carbonyl (C=O) groups excluding carboxylic acids is 1. The number of amides is 1. The molecule has 0 aliphatic heterocycles. The summed E-state index contributed by atoms with van der Waals surface area (Å²) in [6.45, 7) is 2.08. The molecule has 12 heteroatoms. The quantitative estimate of drug-likeness (QED) is 0.246. The summed E-state index contributed by atoms with van der Waals surface area (Å²) in [5.41, 5.74) is 3.28. The molecule has 0 saturated carbocycles. The molecule has 3 aromatic heterocycles. The van der Waals surface area contributed by atoms with Crippen LogP contribution in [0.1, 0.15) is 33.4 Å². The van der Waals surface area contributed by atoms with E-state index < -0.39 is 17.8 Å². The zero-order chi connectivity index (χ0) is 24.7. The van der Waals surface area contributed by atoms with Crippen molar-refractivity contribution in [1.82, 2.24) is 25.4 Å². The summed E-state index contributed by atoms with van der Waals surface area (Å²) >= 11 is 3.64. The molecule has 3 N–H and O–H groups in total. The molecule has 35 heavy (non-hydrogen) atoms. The molecule has 0 unspecified atom stereocenters. The Morgan fingerprint density at radius 3 is 2.74 bits per heavy atom. The van der Waals surface area contributed by atoms with E-state index in [1.807, 2.05) is 29.4 Å². The Bertz CT molecular complexity index is 1540. The fourth-order valence-electron chi connectivity index (χ4n) is 3.56. The molecule has 3 heterocycles. The number of alkyl halides is 3. The van der Waals surface area contributed by atoms with Gasteiger partial charge in [-0.1, -0.05) is 0 Å². The monoisotopic (exact) mass is 556 g/mol. The second-order valence-corrected chi connectivity index (χ2v) is 10.3. The molecule has 0 aliphatic carbocycles. The number of hydrogen-bond acceptors (Lipinski definition) is 5. The SMILES string of the molecule is C[C@H]([As])c1cccc(-c2cc3cn[nH]c3cc2NC(=O)c2csc(-c3cc(C(F)(F)F)[nH]n3)n2)c1. The number of aromatic amines is 2. The molecule has 176 valence electrons. The topological polar surface area (TPSA) is 99.3 Å². The molecule has 1 amide bonds. The van der Waals surface area contributed by atoms with Crippen LogP contribution in [0, 0.1) is 0 Å². The number of carbonyl (C=O) groups is 1. The van der Waals surface area contributed by atoms with E-state index >= 15 is 0 Å². The summed E-state index contributed by atoms with van der Waals surface area (Å²) in [4.78, 5) is 17.3. The second kappa shape index (κ2) is 8.98. The van der Waals surface area contributed by atoms with E-state index in [1.54, 1.807) is 12.3 Å². The van der Waals surface area contributed by atoms with Crippen LogP contribution in [0.25, 0.3) is 32.7 Å². The average Bonchev–Trinajstić information content (AvgIpc) is 3.58. The molecular weight excluding hydrogens is 540 g/mol. The zero-order valence-corrected chi connectivity index (χ0v) is 20.7. The van der Waals surface area contributed by atoms with E-state index in [9.17, 15) is 18.0 Å². The Balaban J connectivity index is 1.47. The van der Waals surface area contributed by atoms with Crippen molar-refractivity contribution in [1.29, 1.82) is 0 Å². The van der Waals surface area contributed by atoms with Gasteiger partial charge < -0.3 is 0 Å². The van der Waals surface area contributed by atoms with Gasteiger partial charge in [0, 0.05) is 0 Å². The zero-order valence-electron chi connectivity index (χ0n) is 18.0. The first-order valence-electron chi connectivity index (χ1n) is 10.3. The van der Waals surface area contributed by atoms with E-state index in [0.29, 0.717) is 5.69 Å².